The SMILES string of the molecule is CO[C@H]1[C@@H](OS(=O)(=O)NCCO[C@H](C2CCCC2)n2cnc3c(N)ncnc32)[C@H](n2cnc3c(=O)[nH]c(N)nc32)O[C@@H]1COP(=O)(O)OC. The Bertz CT molecular complexity index is 2000. The summed E-state index contributed by atoms with van der Waals surface area (Å²) in [5.74, 6) is 0.130. The van der Waals surface area contributed by atoms with E-state index in [1.807, 2.05) is 0 Å². The Morgan fingerprint density at radius 1 is 1.12 bits per heavy atom. The van der Waals surface area contributed by atoms with E-state index in [1.165, 1.54) is 24.3 Å². The summed E-state index contributed by atoms with van der Waals surface area (Å²) in [4.78, 5) is 45.3. The Morgan fingerprint density at radius 2 is 1.88 bits per heavy atom. The van der Waals surface area contributed by atoms with Crippen molar-refractivity contribution in [2.45, 2.75) is 56.5 Å². The molecule has 0 spiro atoms. The van der Waals surface area contributed by atoms with Gasteiger partial charge in [0.1, 0.15) is 30.3 Å². The van der Waals surface area contributed by atoms with Gasteiger partial charge in [-0.3, -0.25) is 28.0 Å². The van der Waals surface area contributed by atoms with Crippen LogP contribution in [0, 0.1) is 5.92 Å². The number of phosphoric ester groups is 1. The molecule has 0 amide bonds. The molecule has 2 fully saturated rings. The maximum absolute atomic E-state index is 13.3. The van der Waals surface area contributed by atoms with E-state index in [0.717, 1.165) is 32.8 Å². The van der Waals surface area contributed by atoms with E-state index < -0.39 is 61.1 Å². The Balaban J connectivity index is 1.19. The van der Waals surface area contributed by atoms with E-state index in [4.69, 9.17) is 34.4 Å². The van der Waals surface area contributed by atoms with Crippen LogP contribution in [0.5, 0.6) is 0 Å². The lowest BCUT2D eigenvalue weighted by molar-refractivity contribution is -0.0523. The minimum atomic E-state index is -4.55. The van der Waals surface area contributed by atoms with Crippen LogP contribution in [-0.4, -0.2) is 105 Å². The maximum atomic E-state index is 13.3. The molecular weight excluding hydrogens is 693 g/mol. The molecule has 2 aliphatic rings. The van der Waals surface area contributed by atoms with Crippen LogP contribution in [0.2, 0.25) is 0 Å². The van der Waals surface area contributed by atoms with Crippen molar-refractivity contribution >= 4 is 52.2 Å². The number of aromatic nitrogens is 8. The Morgan fingerprint density at radius 3 is 2.61 bits per heavy atom. The molecule has 1 aliphatic heterocycles. The molecule has 6 atom stereocenters. The van der Waals surface area contributed by atoms with Gasteiger partial charge in [0, 0.05) is 26.7 Å². The summed E-state index contributed by atoms with van der Waals surface area (Å²) in [6.45, 7) is -0.816. The van der Waals surface area contributed by atoms with Gasteiger partial charge in [-0.2, -0.15) is 18.1 Å². The van der Waals surface area contributed by atoms with Gasteiger partial charge in [0.25, 0.3) is 5.56 Å². The molecule has 7 N–H and O–H groups in total. The van der Waals surface area contributed by atoms with Crippen molar-refractivity contribution < 1.29 is 45.3 Å². The van der Waals surface area contributed by atoms with Crippen LogP contribution in [-0.2, 0) is 42.3 Å². The minimum absolute atomic E-state index is 0.0447. The normalized spacial score (nSPS) is 23.8. The number of nitrogens with one attached hydrogen (secondary N) is 2. The molecule has 5 heterocycles. The number of ether oxygens (including phenoxy) is 3. The number of imidazole rings is 2. The number of nitrogens with zero attached hydrogens (tertiary/aromatic N) is 7. The van der Waals surface area contributed by atoms with Crippen molar-refractivity contribution in [1.29, 1.82) is 0 Å². The lowest BCUT2D eigenvalue weighted by atomic mass is 10.1. The Labute approximate surface area is 278 Å². The van der Waals surface area contributed by atoms with E-state index in [0.29, 0.717) is 11.2 Å². The molecular formula is C25H36N11O11PS. The molecule has 4 aromatic heterocycles. The van der Waals surface area contributed by atoms with Crippen molar-refractivity contribution in [3.05, 3.63) is 29.3 Å². The Kier molecular flexibility index (Phi) is 10.3. The topological polar surface area (TPSA) is 298 Å². The molecule has 1 aliphatic carbocycles. The van der Waals surface area contributed by atoms with Gasteiger partial charge in [-0.1, -0.05) is 12.8 Å². The first-order valence-corrected chi connectivity index (χ1v) is 18.0. The van der Waals surface area contributed by atoms with Gasteiger partial charge in [-0.05, 0) is 12.8 Å². The van der Waals surface area contributed by atoms with Gasteiger partial charge >= 0.3 is 18.1 Å². The van der Waals surface area contributed by atoms with E-state index in [2.05, 4.69) is 39.1 Å². The molecule has 0 bridgehead atoms. The first kappa shape index (κ1) is 35.2. The molecule has 1 saturated carbocycles. The number of H-pyrrole nitrogens is 1. The average Bonchev–Trinajstić information content (AvgIpc) is 3.87. The Hall–Kier alpha value is -3.64. The highest BCUT2D eigenvalue weighted by Gasteiger charge is 2.50. The van der Waals surface area contributed by atoms with Crippen molar-refractivity contribution in [2.75, 3.05) is 45.4 Å². The van der Waals surface area contributed by atoms with Gasteiger partial charge in [0.15, 0.2) is 35.0 Å². The third-order valence-corrected chi connectivity index (χ3v) is 10.3. The fraction of sp³-hybridized carbons (Fsp3) is 0.600. The molecule has 0 aromatic carbocycles. The van der Waals surface area contributed by atoms with Crippen LogP contribution < -0.4 is 21.7 Å². The van der Waals surface area contributed by atoms with Crippen molar-refractivity contribution in [3.8, 4) is 0 Å². The first-order valence-electron chi connectivity index (χ1n) is 15.1. The standard InChI is InChI=1S/C25H36N11O11PS/c1-42-17-14(9-45-48(38,39)43-2)46-24(36-12-31-16-21(36)33-25(27)34-22(16)37)18(17)47-49(40,41)32-7-8-44-23(13-5-3-4-6-13)35-11-30-15-19(26)28-10-29-20(15)35/h10-14,17-18,23-24,32H,3-9H2,1-2H3,(H,38,39)(H2,26,28,29)(H3,27,33,34,37)/t14-,17-,18-,23-,24-/m1/s1. The van der Waals surface area contributed by atoms with Crippen molar-refractivity contribution in [2.24, 2.45) is 5.92 Å². The number of hydrogen-bond donors (Lipinski definition) is 5. The van der Waals surface area contributed by atoms with Gasteiger partial charge in [0.05, 0.1) is 25.9 Å². The number of anilines is 2. The molecule has 22 nitrogen and oxygen atoms in total. The van der Waals surface area contributed by atoms with Gasteiger partial charge < -0.3 is 30.6 Å². The largest absolute Gasteiger partial charge is 0.472 e. The number of nitrogens with two attached hydrogens (primary N) is 2. The third kappa shape index (κ3) is 7.45. The third-order valence-electron chi connectivity index (χ3n) is 8.29. The first-order chi connectivity index (χ1) is 23.4. The van der Waals surface area contributed by atoms with Crippen LogP contribution in [0.3, 0.4) is 0 Å². The maximum Gasteiger partial charge on any atom is 0.472 e. The van der Waals surface area contributed by atoms with Gasteiger partial charge in [0.2, 0.25) is 5.95 Å². The van der Waals surface area contributed by atoms with Gasteiger partial charge in [-0.25, -0.2) is 28.7 Å². The zero-order valence-electron chi connectivity index (χ0n) is 26.3. The minimum Gasteiger partial charge on any atom is -0.382 e. The molecule has 4 aromatic rings. The van der Waals surface area contributed by atoms with E-state index >= 15 is 0 Å². The monoisotopic (exact) mass is 729 g/mol. The summed E-state index contributed by atoms with van der Waals surface area (Å²) in [5, 5.41) is 0. The van der Waals surface area contributed by atoms with Gasteiger partial charge in [-0.15, -0.1) is 0 Å². The lowest BCUT2D eigenvalue weighted by Gasteiger charge is -2.26. The number of nitrogen functional groups attached to an aromatic ring is 2. The molecule has 0 radical (unpaired) electrons. The summed E-state index contributed by atoms with van der Waals surface area (Å²) in [6.07, 6.45) is 2.30. The molecule has 1 saturated heterocycles. The predicted octanol–water partition coefficient (Wildman–Crippen LogP) is -0.275. The molecule has 6 rings (SSSR count). The van der Waals surface area contributed by atoms with Crippen LogP contribution in [0.1, 0.15) is 38.1 Å². The highest BCUT2D eigenvalue weighted by atomic mass is 32.2. The van der Waals surface area contributed by atoms with Crippen molar-refractivity contribution in [3.63, 3.8) is 0 Å². The molecule has 1 unspecified atom stereocenters. The van der Waals surface area contributed by atoms with Crippen LogP contribution in [0.15, 0.2) is 23.8 Å². The number of methoxy groups -OCH3 is 1. The number of hydrogen-bond acceptors (Lipinski definition) is 17. The lowest BCUT2D eigenvalue weighted by Crippen LogP contribution is -2.42. The second-order valence-corrected chi connectivity index (χ2v) is 14.2. The second kappa shape index (κ2) is 14.3. The zero-order valence-corrected chi connectivity index (χ0v) is 28.0. The number of fused-ring (bicyclic) bond motifs is 2. The van der Waals surface area contributed by atoms with E-state index in [9.17, 15) is 22.7 Å². The van der Waals surface area contributed by atoms with E-state index in [1.54, 1.807) is 10.9 Å². The summed E-state index contributed by atoms with van der Waals surface area (Å²) in [7, 11) is -6.77. The highest BCUT2D eigenvalue weighted by molar-refractivity contribution is 7.84. The summed E-state index contributed by atoms with van der Waals surface area (Å²) in [5.41, 5.74) is 11.8. The summed E-state index contributed by atoms with van der Waals surface area (Å²) < 4.78 is 76.9. The zero-order chi connectivity index (χ0) is 34.9. The second-order valence-electron chi connectivity index (χ2n) is 11.3. The van der Waals surface area contributed by atoms with Crippen LogP contribution in [0.25, 0.3) is 22.3 Å². The smallest absolute Gasteiger partial charge is 0.382 e. The quantitative estimate of drug-likeness (QED) is 0.0776. The highest BCUT2D eigenvalue weighted by Crippen LogP contribution is 2.44. The molecule has 24 heteroatoms. The predicted molar refractivity (Wildman–Crippen MR) is 169 cm³/mol. The fourth-order valence-electron chi connectivity index (χ4n) is 6.07. The number of aromatic amines is 1. The summed E-state index contributed by atoms with van der Waals surface area (Å²) >= 11 is 0. The summed E-state index contributed by atoms with van der Waals surface area (Å²) in [6, 6.07) is 0. The fourth-order valence-corrected chi connectivity index (χ4v) is 7.41. The average molecular weight is 730 g/mol. The van der Waals surface area contributed by atoms with Crippen molar-refractivity contribution in [1.82, 2.24) is 43.8 Å². The number of rotatable bonds is 15. The van der Waals surface area contributed by atoms with Crippen LogP contribution in [0.4, 0.5) is 11.8 Å². The number of phosphoric acid groups is 1. The van der Waals surface area contributed by atoms with E-state index in [-0.39, 0.29) is 42.0 Å². The van der Waals surface area contributed by atoms with Crippen LogP contribution >= 0.6 is 7.82 Å². The molecule has 49 heavy (non-hydrogen) atoms. The molecule has 268 valence electrons.